The third-order valence-electron chi connectivity index (χ3n) is 1.74. The molecule has 0 aliphatic heterocycles. The monoisotopic (exact) mass is 166 g/mol. The van der Waals surface area contributed by atoms with Gasteiger partial charge in [-0.15, -0.1) is 0 Å². The number of nitrogens with one attached hydrogen (secondary N) is 1. The second kappa shape index (κ2) is 6.83. The lowest BCUT2D eigenvalue weighted by molar-refractivity contribution is 0.655. The van der Waals surface area contributed by atoms with Crippen LogP contribution in [0.5, 0.6) is 0 Å². The third kappa shape index (κ3) is 3.51. The summed E-state index contributed by atoms with van der Waals surface area (Å²) in [7, 11) is 1.91. The van der Waals surface area contributed by atoms with Crippen LogP contribution in [-0.2, 0) is 0 Å². The highest BCUT2D eigenvalue weighted by molar-refractivity contribution is 5.26. The van der Waals surface area contributed by atoms with E-state index >= 15 is 0 Å². The van der Waals surface area contributed by atoms with Crippen LogP contribution in [0, 0.1) is 0 Å². The first kappa shape index (κ1) is 11.1. The second-order valence-electron chi connectivity index (χ2n) is 2.46. The van der Waals surface area contributed by atoms with E-state index in [1.807, 2.05) is 32.2 Å². The van der Waals surface area contributed by atoms with Crippen molar-refractivity contribution in [2.75, 3.05) is 13.6 Å². The summed E-state index contributed by atoms with van der Waals surface area (Å²) in [5.41, 5.74) is 6.76. The Kier molecular flexibility index (Phi) is 6.34. The summed E-state index contributed by atoms with van der Waals surface area (Å²) in [6, 6.07) is 0.242. The molecule has 2 heteroatoms. The van der Waals surface area contributed by atoms with E-state index in [0.29, 0.717) is 6.54 Å². The summed E-state index contributed by atoms with van der Waals surface area (Å²) in [6.07, 6.45) is 7.73. The highest BCUT2D eigenvalue weighted by Gasteiger charge is 2.04. The standard InChI is InChI=1S/C10H18N2/c1-4-6-7-9(5-2)10(8-11)12-3/h4-7,10,12H,1,8,11H2,2-3H3/b7-6-,9-5+. The van der Waals surface area contributed by atoms with Crippen molar-refractivity contribution in [2.24, 2.45) is 5.73 Å². The van der Waals surface area contributed by atoms with Gasteiger partial charge in [0, 0.05) is 12.6 Å². The molecule has 0 aliphatic carbocycles. The van der Waals surface area contributed by atoms with Crippen LogP contribution < -0.4 is 11.1 Å². The maximum absolute atomic E-state index is 5.57. The van der Waals surface area contributed by atoms with Crippen LogP contribution in [0.25, 0.3) is 0 Å². The van der Waals surface area contributed by atoms with Gasteiger partial charge in [-0.3, -0.25) is 0 Å². The predicted molar refractivity (Wildman–Crippen MR) is 55.0 cm³/mol. The van der Waals surface area contributed by atoms with Crippen molar-refractivity contribution in [3.05, 3.63) is 36.5 Å². The summed E-state index contributed by atoms with van der Waals surface area (Å²) in [6.45, 7) is 6.22. The highest BCUT2D eigenvalue weighted by Crippen LogP contribution is 2.02. The first-order valence-corrected chi connectivity index (χ1v) is 4.12. The molecule has 0 spiro atoms. The molecular formula is C10H18N2. The molecule has 1 atom stereocenters. The molecule has 0 radical (unpaired) electrons. The molecule has 0 aromatic heterocycles. The quantitative estimate of drug-likeness (QED) is 0.603. The summed E-state index contributed by atoms with van der Waals surface area (Å²) < 4.78 is 0. The lowest BCUT2D eigenvalue weighted by atomic mass is 10.1. The predicted octanol–water partition coefficient (Wildman–Crippen LogP) is 1.22. The van der Waals surface area contributed by atoms with E-state index in [-0.39, 0.29) is 6.04 Å². The Bertz CT molecular complexity index is 176. The van der Waals surface area contributed by atoms with Crippen LogP contribution in [0.3, 0.4) is 0 Å². The van der Waals surface area contributed by atoms with E-state index < -0.39 is 0 Å². The number of rotatable bonds is 5. The van der Waals surface area contributed by atoms with E-state index in [9.17, 15) is 0 Å². The van der Waals surface area contributed by atoms with E-state index in [0.717, 1.165) is 0 Å². The molecule has 0 amide bonds. The second-order valence-corrected chi connectivity index (χ2v) is 2.46. The number of hydrogen-bond acceptors (Lipinski definition) is 2. The van der Waals surface area contributed by atoms with Crippen LogP contribution >= 0.6 is 0 Å². The first-order chi connectivity index (χ1) is 5.79. The smallest absolute Gasteiger partial charge is 0.0438 e. The van der Waals surface area contributed by atoms with Crippen LogP contribution in [0.4, 0.5) is 0 Å². The molecule has 0 aromatic rings. The Balaban J connectivity index is 4.32. The lowest BCUT2D eigenvalue weighted by Gasteiger charge is -2.14. The Morgan fingerprint density at radius 3 is 2.67 bits per heavy atom. The minimum absolute atomic E-state index is 0.242. The van der Waals surface area contributed by atoms with E-state index in [4.69, 9.17) is 5.73 Å². The Labute approximate surface area is 74.8 Å². The SMILES string of the molecule is C=C/C=C\C(=C/C)C(CN)NC. The van der Waals surface area contributed by atoms with Gasteiger partial charge in [0.05, 0.1) is 0 Å². The molecule has 1 unspecified atom stereocenters. The van der Waals surface area contributed by atoms with Crippen molar-refractivity contribution in [2.45, 2.75) is 13.0 Å². The van der Waals surface area contributed by atoms with E-state index in [2.05, 4.69) is 11.9 Å². The zero-order chi connectivity index (χ0) is 9.40. The van der Waals surface area contributed by atoms with Gasteiger partial charge in [-0.2, -0.15) is 0 Å². The van der Waals surface area contributed by atoms with Gasteiger partial charge < -0.3 is 11.1 Å². The summed E-state index contributed by atoms with van der Waals surface area (Å²) >= 11 is 0. The van der Waals surface area contributed by atoms with Gasteiger partial charge >= 0.3 is 0 Å². The van der Waals surface area contributed by atoms with Gasteiger partial charge in [0.15, 0.2) is 0 Å². The summed E-state index contributed by atoms with van der Waals surface area (Å²) in [5, 5.41) is 3.13. The van der Waals surface area contributed by atoms with Crippen molar-refractivity contribution >= 4 is 0 Å². The number of hydrogen-bond donors (Lipinski definition) is 2. The number of likely N-dealkylation sites (N-methyl/N-ethyl adjacent to an activating group) is 1. The molecule has 0 saturated carbocycles. The molecule has 68 valence electrons. The third-order valence-corrected chi connectivity index (χ3v) is 1.74. The van der Waals surface area contributed by atoms with Crippen molar-refractivity contribution in [3.8, 4) is 0 Å². The van der Waals surface area contributed by atoms with Crippen molar-refractivity contribution < 1.29 is 0 Å². The largest absolute Gasteiger partial charge is 0.329 e. The molecule has 0 heterocycles. The number of allylic oxidation sites excluding steroid dienone is 3. The first-order valence-electron chi connectivity index (χ1n) is 4.12. The molecule has 2 nitrogen and oxygen atoms in total. The fourth-order valence-corrected chi connectivity index (χ4v) is 1.01. The maximum Gasteiger partial charge on any atom is 0.0438 e. The summed E-state index contributed by atoms with van der Waals surface area (Å²) in [5.74, 6) is 0. The minimum Gasteiger partial charge on any atom is -0.329 e. The normalized spacial score (nSPS) is 15.1. The van der Waals surface area contributed by atoms with Crippen LogP contribution in [0.2, 0.25) is 0 Å². The minimum atomic E-state index is 0.242. The Morgan fingerprint density at radius 2 is 2.33 bits per heavy atom. The van der Waals surface area contributed by atoms with Gasteiger partial charge in [0.25, 0.3) is 0 Å². The van der Waals surface area contributed by atoms with Gasteiger partial charge in [0.2, 0.25) is 0 Å². The van der Waals surface area contributed by atoms with Crippen LogP contribution in [0.15, 0.2) is 36.5 Å². The van der Waals surface area contributed by atoms with Crippen LogP contribution in [0.1, 0.15) is 6.92 Å². The fourth-order valence-electron chi connectivity index (χ4n) is 1.01. The molecule has 12 heavy (non-hydrogen) atoms. The molecular weight excluding hydrogens is 148 g/mol. The molecule has 0 aromatic carbocycles. The topological polar surface area (TPSA) is 38.0 Å². The average molecular weight is 166 g/mol. The molecule has 0 aliphatic rings. The molecule has 0 bridgehead atoms. The Hall–Kier alpha value is -0.860. The molecule has 0 saturated heterocycles. The Morgan fingerprint density at radius 1 is 1.67 bits per heavy atom. The van der Waals surface area contributed by atoms with Gasteiger partial charge in [0.1, 0.15) is 0 Å². The molecule has 0 fully saturated rings. The maximum atomic E-state index is 5.57. The zero-order valence-electron chi connectivity index (χ0n) is 7.88. The average Bonchev–Trinajstić information content (AvgIpc) is 2.12. The van der Waals surface area contributed by atoms with Gasteiger partial charge in [-0.25, -0.2) is 0 Å². The zero-order valence-corrected chi connectivity index (χ0v) is 7.88. The van der Waals surface area contributed by atoms with Crippen LogP contribution in [-0.4, -0.2) is 19.6 Å². The fraction of sp³-hybridized carbons (Fsp3) is 0.400. The van der Waals surface area contributed by atoms with Gasteiger partial charge in [-0.05, 0) is 19.5 Å². The van der Waals surface area contributed by atoms with Crippen molar-refractivity contribution in [1.29, 1.82) is 0 Å². The summed E-state index contributed by atoms with van der Waals surface area (Å²) in [4.78, 5) is 0. The van der Waals surface area contributed by atoms with Crippen molar-refractivity contribution in [1.82, 2.24) is 5.32 Å². The highest BCUT2D eigenvalue weighted by atomic mass is 14.9. The molecule has 0 rings (SSSR count). The van der Waals surface area contributed by atoms with Crippen molar-refractivity contribution in [3.63, 3.8) is 0 Å². The molecule has 3 N–H and O–H groups in total. The van der Waals surface area contributed by atoms with Gasteiger partial charge in [-0.1, -0.05) is 30.9 Å². The van der Waals surface area contributed by atoms with E-state index in [1.54, 1.807) is 6.08 Å². The van der Waals surface area contributed by atoms with E-state index in [1.165, 1.54) is 5.57 Å². The lowest BCUT2D eigenvalue weighted by Crippen LogP contribution is -2.34. The number of nitrogens with two attached hydrogens (primary N) is 1.